The number of phenolic OH excluding ortho intramolecular Hbond substituents is 1. The van der Waals surface area contributed by atoms with Crippen LogP contribution >= 0.6 is 0 Å². The van der Waals surface area contributed by atoms with Crippen molar-refractivity contribution in [2.75, 3.05) is 13.7 Å². The number of hydrogen-bond acceptors (Lipinski definition) is 6. The number of aromatic hydroxyl groups is 1. The largest absolute Gasteiger partial charge is 0.504 e. The second-order valence-electron chi connectivity index (χ2n) is 7.37. The smallest absolute Gasteiger partial charge is 0.255 e. The van der Waals surface area contributed by atoms with Gasteiger partial charge in [-0.15, -0.1) is 0 Å². The highest BCUT2D eigenvalue weighted by atomic mass is 32.2. The van der Waals surface area contributed by atoms with Crippen molar-refractivity contribution in [1.29, 1.82) is 0 Å². The fourth-order valence-electron chi connectivity index (χ4n) is 3.08. The number of ether oxygens (including phenoxy) is 1. The van der Waals surface area contributed by atoms with Gasteiger partial charge in [0.1, 0.15) is 5.82 Å². The van der Waals surface area contributed by atoms with Gasteiger partial charge in [0.2, 0.25) is 10.0 Å². The van der Waals surface area contributed by atoms with Crippen molar-refractivity contribution in [3.05, 3.63) is 89.2 Å². The molecule has 3 aromatic rings. The van der Waals surface area contributed by atoms with Crippen molar-refractivity contribution in [2.24, 2.45) is 5.10 Å². The first kappa shape index (κ1) is 24.9. The Morgan fingerprint density at radius 3 is 2.50 bits per heavy atom. The summed E-state index contributed by atoms with van der Waals surface area (Å²) in [4.78, 5) is 12.5. The number of hydrazone groups is 1. The Morgan fingerprint density at radius 2 is 1.82 bits per heavy atom. The number of methoxy groups -OCH3 is 1. The maximum Gasteiger partial charge on any atom is 0.255 e. The van der Waals surface area contributed by atoms with Gasteiger partial charge in [0, 0.05) is 17.7 Å². The minimum atomic E-state index is -4.12. The molecule has 0 aliphatic rings. The molecule has 0 spiro atoms. The third-order valence-corrected chi connectivity index (χ3v) is 6.73. The minimum Gasteiger partial charge on any atom is -0.504 e. The van der Waals surface area contributed by atoms with Crippen LogP contribution in [-0.2, 0) is 21.4 Å². The van der Waals surface area contributed by atoms with Crippen LogP contribution in [0.1, 0.15) is 16.7 Å². The van der Waals surface area contributed by atoms with E-state index in [-0.39, 0.29) is 34.1 Å². The predicted octanol–water partition coefficient (Wildman–Crippen LogP) is 3.19. The lowest BCUT2D eigenvalue weighted by atomic mass is 10.2. The molecule has 0 heterocycles. The number of halogens is 1. The molecule has 1 amide bonds. The molecule has 0 unspecified atom stereocenters. The summed E-state index contributed by atoms with van der Waals surface area (Å²) in [6.07, 6.45) is 1.20. The van der Waals surface area contributed by atoms with E-state index in [1.54, 1.807) is 36.4 Å². The van der Waals surface area contributed by atoms with E-state index in [1.807, 2.05) is 6.92 Å². The third-order valence-electron chi connectivity index (χ3n) is 4.93. The number of amides is 1. The van der Waals surface area contributed by atoms with Gasteiger partial charge in [0.25, 0.3) is 5.91 Å². The molecule has 34 heavy (non-hydrogen) atoms. The van der Waals surface area contributed by atoms with Crippen LogP contribution in [-0.4, -0.2) is 43.6 Å². The molecule has 0 bridgehead atoms. The molecule has 2 N–H and O–H groups in total. The molecule has 0 saturated carbocycles. The Balaban J connectivity index is 1.81. The van der Waals surface area contributed by atoms with E-state index in [0.29, 0.717) is 0 Å². The van der Waals surface area contributed by atoms with Gasteiger partial charge in [0.15, 0.2) is 11.5 Å². The van der Waals surface area contributed by atoms with Gasteiger partial charge in [0.05, 0.1) is 24.8 Å². The Labute approximate surface area is 197 Å². The van der Waals surface area contributed by atoms with Crippen LogP contribution in [0.5, 0.6) is 11.5 Å². The summed E-state index contributed by atoms with van der Waals surface area (Å²) in [7, 11) is -2.72. The molecule has 178 valence electrons. The summed E-state index contributed by atoms with van der Waals surface area (Å²) in [5.41, 5.74) is 3.51. The Morgan fingerprint density at radius 1 is 1.12 bits per heavy atom. The van der Waals surface area contributed by atoms with Crippen molar-refractivity contribution < 1.29 is 27.4 Å². The highest BCUT2D eigenvalue weighted by Gasteiger charge is 2.27. The molecular formula is C24H24FN3O5S. The van der Waals surface area contributed by atoms with Crippen molar-refractivity contribution in [2.45, 2.75) is 18.4 Å². The summed E-state index contributed by atoms with van der Waals surface area (Å²) >= 11 is 0. The van der Waals surface area contributed by atoms with E-state index in [4.69, 9.17) is 4.74 Å². The summed E-state index contributed by atoms with van der Waals surface area (Å²) in [5, 5.41) is 13.9. The van der Waals surface area contributed by atoms with Crippen molar-refractivity contribution in [1.82, 2.24) is 9.73 Å². The van der Waals surface area contributed by atoms with E-state index in [0.717, 1.165) is 9.87 Å². The first-order valence-electron chi connectivity index (χ1n) is 10.2. The van der Waals surface area contributed by atoms with Gasteiger partial charge in [-0.1, -0.05) is 42.0 Å². The maximum absolute atomic E-state index is 14.2. The van der Waals surface area contributed by atoms with Crippen molar-refractivity contribution >= 4 is 22.1 Å². The molecule has 0 aromatic heterocycles. The topological polar surface area (TPSA) is 108 Å². The lowest BCUT2D eigenvalue weighted by Crippen LogP contribution is -2.39. The molecule has 0 aliphatic carbocycles. The number of nitrogens with zero attached hydrogens (tertiary/aromatic N) is 2. The highest BCUT2D eigenvalue weighted by molar-refractivity contribution is 7.89. The highest BCUT2D eigenvalue weighted by Crippen LogP contribution is 2.28. The Kier molecular flexibility index (Phi) is 7.98. The molecule has 8 nitrogen and oxygen atoms in total. The van der Waals surface area contributed by atoms with Crippen LogP contribution in [0.25, 0.3) is 0 Å². The molecule has 10 heteroatoms. The molecule has 3 rings (SSSR count). The zero-order valence-electron chi connectivity index (χ0n) is 18.6. The quantitative estimate of drug-likeness (QED) is 0.358. The summed E-state index contributed by atoms with van der Waals surface area (Å²) in [6, 6.07) is 16.6. The number of aryl methyl sites for hydroxylation is 1. The first-order valence-corrected chi connectivity index (χ1v) is 11.6. The fraction of sp³-hybridized carbons (Fsp3) is 0.167. The minimum absolute atomic E-state index is 0.0213. The molecule has 3 aromatic carbocycles. The van der Waals surface area contributed by atoms with Crippen molar-refractivity contribution in [3.8, 4) is 11.5 Å². The second kappa shape index (κ2) is 10.9. The average molecular weight is 486 g/mol. The van der Waals surface area contributed by atoms with Crippen LogP contribution < -0.4 is 10.2 Å². The van der Waals surface area contributed by atoms with Crippen LogP contribution in [0.4, 0.5) is 4.39 Å². The normalized spacial score (nSPS) is 11.6. The lowest BCUT2D eigenvalue weighted by molar-refractivity contribution is -0.121. The van der Waals surface area contributed by atoms with Crippen LogP contribution in [0.3, 0.4) is 0 Å². The predicted molar refractivity (Wildman–Crippen MR) is 126 cm³/mol. The first-order chi connectivity index (χ1) is 16.2. The zero-order chi connectivity index (χ0) is 24.7. The Bertz CT molecular complexity index is 1290. The molecule has 0 saturated heterocycles. The number of benzene rings is 3. The zero-order valence-corrected chi connectivity index (χ0v) is 19.4. The SMILES string of the molecule is COc1cccc(/C=N/NC(=O)CN(Cc2ccccc2F)S(=O)(=O)c2ccc(C)cc2)c1O. The summed E-state index contributed by atoms with van der Waals surface area (Å²) in [5.74, 6) is -1.26. The van der Waals surface area contributed by atoms with Crippen LogP contribution in [0, 0.1) is 12.7 Å². The van der Waals surface area contributed by atoms with E-state index in [2.05, 4.69) is 10.5 Å². The third kappa shape index (κ3) is 5.97. The fourth-order valence-corrected chi connectivity index (χ4v) is 4.45. The van der Waals surface area contributed by atoms with E-state index < -0.39 is 28.3 Å². The van der Waals surface area contributed by atoms with Gasteiger partial charge < -0.3 is 9.84 Å². The molecular weight excluding hydrogens is 461 g/mol. The van der Waals surface area contributed by atoms with Gasteiger partial charge in [-0.05, 0) is 37.3 Å². The second-order valence-corrected chi connectivity index (χ2v) is 9.31. The summed E-state index contributed by atoms with van der Waals surface area (Å²) < 4.78 is 46.6. The van der Waals surface area contributed by atoms with Gasteiger partial charge in [-0.25, -0.2) is 18.2 Å². The van der Waals surface area contributed by atoms with Crippen LogP contribution in [0.15, 0.2) is 76.7 Å². The van der Waals surface area contributed by atoms with Crippen molar-refractivity contribution in [3.63, 3.8) is 0 Å². The number of carbonyl (C=O) groups excluding carboxylic acids is 1. The number of phenols is 1. The average Bonchev–Trinajstić information content (AvgIpc) is 2.81. The standard InChI is InChI=1S/C24H24FN3O5S/c1-17-10-12-20(13-11-17)34(31,32)28(15-19-6-3-4-8-21(19)25)16-23(29)27-26-14-18-7-5-9-22(33-2)24(18)30/h3-14,30H,15-16H2,1-2H3,(H,27,29)/b26-14+. The van der Waals surface area contributed by atoms with Gasteiger partial charge in [-0.2, -0.15) is 9.41 Å². The number of para-hydroxylation sites is 1. The number of rotatable bonds is 9. The molecule has 0 aliphatic heterocycles. The molecule has 0 atom stereocenters. The number of sulfonamides is 1. The molecule has 0 radical (unpaired) electrons. The van der Waals surface area contributed by atoms with E-state index >= 15 is 0 Å². The number of hydrogen-bond donors (Lipinski definition) is 2. The summed E-state index contributed by atoms with van der Waals surface area (Å²) in [6.45, 7) is 0.863. The van der Waals surface area contributed by atoms with E-state index in [9.17, 15) is 22.7 Å². The molecule has 0 fully saturated rings. The maximum atomic E-state index is 14.2. The number of carbonyl (C=O) groups is 1. The number of nitrogens with one attached hydrogen (secondary N) is 1. The van der Waals surface area contributed by atoms with Crippen LogP contribution in [0.2, 0.25) is 0 Å². The van der Waals surface area contributed by atoms with E-state index in [1.165, 1.54) is 43.7 Å². The lowest BCUT2D eigenvalue weighted by Gasteiger charge is -2.22. The monoisotopic (exact) mass is 485 g/mol. The Hall–Kier alpha value is -3.76. The van der Waals surface area contributed by atoms with Gasteiger partial charge >= 0.3 is 0 Å². The van der Waals surface area contributed by atoms with Gasteiger partial charge in [-0.3, -0.25) is 4.79 Å².